The van der Waals surface area contributed by atoms with E-state index in [9.17, 15) is 19.5 Å². The van der Waals surface area contributed by atoms with Crippen molar-refractivity contribution >= 4 is 17.8 Å². The molecule has 1 saturated heterocycles. The number of ether oxygens (including phenoxy) is 1. The number of amides is 2. The first-order valence-corrected chi connectivity index (χ1v) is 10.2. The van der Waals surface area contributed by atoms with E-state index in [0.29, 0.717) is 0 Å². The fourth-order valence-corrected chi connectivity index (χ4v) is 3.62. The number of likely N-dealkylation sites (N-methyl/N-ethyl adjacent to an activating group) is 2. The highest BCUT2D eigenvalue weighted by atomic mass is 16.5. The van der Waals surface area contributed by atoms with Gasteiger partial charge in [0.05, 0.1) is 18.2 Å². The van der Waals surface area contributed by atoms with Crippen LogP contribution in [0.2, 0.25) is 0 Å². The normalized spacial score (nSPS) is 21.4. The van der Waals surface area contributed by atoms with Crippen LogP contribution in [0.5, 0.6) is 0 Å². The fourth-order valence-electron chi connectivity index (χ4n) is 3.62. The summed E-state index contributed by atoms with van der Waals surface area (Å²) in [5.74, 6) is -1.51. The van der Waals surface area contributed by atoms with Crippen LogP contribution in [-0.2, 0) is 19.1 Å². The summed E-state index contributed by atoms with van der Waals surface area (Å²) in [5.41, 5.74) is 0.174. The number of hydrogen-bond acceptors (Lipinski definition) is 5. The predicted octanol–water partition coefficient (Wildman–Crippen LogP) is 1.50. The Balaban J connectivity index is 3.06. The predicted molar refractivity (Wildman–Crippen MR) is 111 cm³/mol. The molecular weight excluding hydrogens is 374 g/mol. The van der Waals surface area contributed by atoms with Crippen molar-refractivity contribution in [3.05, 3.63) is 11.6 Å². The topological polar surface area (TPSA) is 99.2 Å². The third kappa shape index (κ3) is 6.82. The molecule has 0 aromatic carbocycles. The van der Waals surface area contributed by atoms with Crippen LogP contribution in [0, 0.1) is 5.92 Å². The lowest BCUT2D eigenvalue weighted by molar-refractivity contribution is -0.142. The molecule has 1 rings (SSSR count). The summed E-state index contributed by atoms with van der Waals surface area (Å²) in [6, 6.07) is -1.53. The highest BCUT2D eigenvalue weighted by Gasteiger charge is 2.35. The molecule has 0 unspecified atom stereocenters. The Morgan fingerprint density at radius 3 is 2.34 bits per heavy atom. The molecule has 166 valence electrons. The molecule has 1 aliphatic heterocycles. The summed E-state index contributed by atoms with van der Waals surface area (Å²) in [6.07, 6.45) is 3.85. The van der Waals surface area contributed by atoms with Gasteiger partial charge in [0.2, 0.25) is 11.8 Å². The van der Waals surface area contributed by atoms with Crippen molar-refractivity contribution in [2.24, 2.45) is 5.92 Å². The average molecular weight is 412 g/mol. The van der Waals surface area contributed by atoms with Crippen LogP contribution < -0.4 is 5.32 Å². The number of nitrogens with zero attached hydrogens (tertiary/aromatic N) is 2. The molecule has 4 atom stereocenters. The van der Waals surface area contributed by atoms with Crippen molar-refractivity contribution in [2.45, 2.75) is 71.2 Å². The van der Waals surface area contributed by atoms with E-state index >= 15 is 0 Å². The molecule has 0 radical (unpaired) electrons. The Kier molecular flexibility index (Phi) is 9.79. The van der Waals surface area contributed by atoms with Crippen molar-refractivity contribution in [3.63, 3.8) is 0 Å². The molecule has 0 aromatic rings. The number of methoxy groups -OCH3 is 1. The van der Waals surface area contributed by atoms with Crippen molar-refractivity contribution in [2.75, 3.05) is 27.7 Å². The summed E-state index contributed by atoms with van der Waals surface area (Å²) in [5, 5.41) is 12.1. The fraction of sp³-hybridized carbons (Fsp3) is 0.762. The number of aliphatic carboxylic acids is 1. The molecule has 8 nitrogen and oxygen atoms in total. The Hall–Kier alpha value is -1.93. The minimum absolute atomic E-state index is 0.00284. The molecule has 0 bridgehead atoms. The van der Waals surface area contributed by atoms with Crippen LogP contribution in [0.3, 0.4) is 0 Å². The highest BCUT2D eigenvalue weighted by molar-refractivity contribution is 5.91. The largest absolute Gasteiger partial charge is 0.478 e. The van der Waals surface area contributed by atoms with Gasteiger partial charge < -0.3 is 20.1 Å². The minimum atomic E-state index is -1.02. The Morgan fingerprint density at radius 1 is 1.24 bits per heavy atom. The summed E-state index contributed by atoms with van der Waals surface area (Å²) in [6.45, 7) is 7.94. The molecule has 2 amide bonds. The molecule has 1 fully saturated rings. The second-order valence-corrected chi connectivity index (χ2v) is 8.26. The molecular formula is C21H37N3O5. The van der Waals surface area contributed by atoms with Gasteiger partial charge in [0.25, 0.3) is 0 Å². The van der Waals surface area contributed by atoms with Crippen molar-refractivity contribution < 1.29 is 24.2 Å². The maximum Gasteiger partial charge on any atom is 0.331 e. The van der Waals surface area contributed by atoms with E-state index < -0.39 is 24.2 Å². The maximum absolute atomic E-state index is 13.3. The molecule has 1 heterocycles. The van der Waals surface area contributed by atoms with E-state index in [1.54, 1.807) is 20.0 Å². The third-order valence-electron chi connectivity index (χ3n) is 5.71. The second kappa shape index (κ2) is 11.3. The van der Waals surface area contributed by atoms with Gasteiger partial charge in [-0.1, -0.05) is 26.3 Å². The van der Waals surface area contributed by atoms with Crippen LogP contribution >= 0.6 is 0 Å². The molecule has 1 aliphatic rings. The molecule has 29 heavy (non-hydrogen) atoms. The Bertz CT molecular complexity index is 619. The molecule has 8 heteroatoms. The molecule has 0 saturated carbocycles. The summed E-state index contributed by atoms with van der Waals surface area (Å²) >= 11 is 0. The van der Waals surface area contributed by atoms with Crippen LogP contribution in [0.4, 0.5) is 0 Å². The summed E-state index contributed by atoms with van der Waals surface area (Å²) in [4.78, 5) is 40.9. The number of carbonyl (C=O) groups excluding carboxylic acids is 2. The molecule has 0 aliphatic carbocycles. The maximum atomic E-state index is 13.3. The quantitative estimate of drug-likeness (QED) is 0.558. The molecule has 0 spiro atoms. The van der Waals surface area contributed by atoms with E-state index in [-0.39, 0.29) is 29.3 Å². The van der Waals surface area contributed by atoms with Gasteiger partial charge in [-0.2, -0.15) is 0 Å². The lowest BCUT2D eigenvalue weighted by Gasteiger charge is -2.36. The first-order valence-electron chi connectivity index (χ1n) is 10.2. The van der Waals surface area contributed by atoms with E-state index in [2.05, 4.69) is 5.32 Å². The van der Waals surface area contributed by atoms with Crippen molar-refractivity contribution in [3.8, 4) is 0 Å². The zero-order valence-corrected chi connectivity index (χ0v) is 18.8. The zero-order chi connectivity index (χ0) is 22.3. The number of hydrogen-bond donors (Lipinski definition) is 2. The lowest BCUT2D eigenvalue weighted by atomic mass is 9.98. The highest BCUT2D eigenvalue weighted by Crippen LogP contribution is 2.18. The van der Waals surface area contributed by atoms with Gasteiger partial charge in [-0.25, -0.2) is 4.79 Å². The number of carbonyl (C=O) groups is 3. The van der Waals surface area contributed by atoms with Gasteiger partial charge in [0.1, 0.15) is 6.04 Å². The standard InChI is InChI=1S/C21H37N3O5/c1-13(2)17(12-14(3)21(27)28)24(6)20(26)18(15(4)29-7)22-19(25)16-10-8-9-11-23(16)5/h12-13,15-18H,8-11H2,1-7H3,(H,22,25)(H,27,28)/b14-12+/t15-,16+,17-,18+/m1/s1. The van der Waals surface area contributed by atoms with Gasteiger partial charge in [-0.3, -0.25) is 14.5 Å². The number of carboxylic acid groups (broad SMARTS) is 1. The van der Waals surface area contributed by atoms with Crippen molar-refractivity contribution in [1.82, 2.24) is 15.1 Å². The van der Waals surface area contributed by atoms with Crippen LogP contribution in [0.1, 0.15) is 47.0 Å². The van der Waals surface area contributed by atoms with Gasteiger partial charge in [0.15, 0.2) is 0 Å². The van der Waals surface area contributed by atoms with Gasteiger partial charge >= 0.3 is 5.97 Å². The van der Waals surface area contributed by atoms with E-state index in [0.717, 1.165) is 25.8 Å². The summed E-state index contributed by atoms with van der Waals surface area (Å²) < 4.78 is 5.37. The second-order valence-electron chi connectivity index (χ2n) is 8.26. The SMILES string of the molecule is CO[C@H](C)[C@H](NC(=O)[C@@H]1CCCCN1C)C(=O)N(C)[C@H](/C=C(\C)C(=O)O)C(C)C. The van der Waals surface area contributed by atoms with Gasteiger partial charge in [-0.05, 0) is 46.2 Å². The van der Waals surface area contributed by atoms with Crippen LogP contribution in [0.15, 0.2) is 11.6 Å². The smallest absolute Gasteiger partial charge is 0.331 e. The van der Waals surface area contributed by atoms with Crippen LogP contribution in [0.25, 0.3) is 0 Å². The number of piperidine rings is 1. The first-order chi connectivity index (χ1) is 13.5. The Labute approximate surface area is 174 Å². The first kappa shape index (κ1) is 25.1. The summed E-state index contributed by atoms with van der Waals surface area (Å²) in [7, 11) is 5.05. The molecule has 0 aromatic heterocycles. The number of nitrogens with one attached hydrogen (secondary N) is 1. The number of carboxylic acids is 1. The number of likely N-dealkylation sites (tertiary alicyclic amines) is 1. The van der Waals surface area contributed by atoms with Crippen LogP contribution in [-0.4, -0.2) is 84.7 Å². The van der Waals surface area contributed by atoms with Gasteiger partial charge in [0, 0.05) is 19.7 Å². The zero-order valence-electron chi connectivity index (χ0n) is 18.8. The van der Waals surface area contributed by atoms with Crippen molar-refractivity contribution in [1.29, 1.82) is 0 Å². The van der Waals surface area contributed by atoms with E-state index in [1.807, 2.05) is 25.8 Å². The van der Waals surface area contributed by atoms with E-state index in [1.165, 1.54) is 18.9 Å². The van der Waals surface area contributed by atoms with Gasteiger partial charge in [-0.15, -0.1) is 0 Å². The minimum Gasteiger partial charge on any atom is -0.478 e. The van der Waals surface area contributed by atoms with E-state index in [4.69, 9.17) is 4.74 Å². The average Bonchev–Trinajstić information content (AvgIpc) is 2.68. The lowest BCUT2D eigenvalue weighted by Crippen LogP contribution is -2.59. The molecule has 2 N–H and O–H groups in total. The monoisotopic (exact) mass is 411 g/mol. The number of rotatable bonds is 9. The Morgan fingerprint density at radius 2 is 1.86 bits per heavy atom. The third-order valence-corrected chi connectivity index (χ3v) is 5.71.